The Morgan fingerprint density at radius 3 is 2.50 bits per heavy atom. The molecule has 0 unspecified atom stereocenters. The van der Waals surface area contributed by atoms with Crippen LogP contribution < -0.4 is 15.5 Å². The smallest absolute Gasteiger partial charge is 0.378 e. The first kappa shape index (κ1) is 22.0. The predicted molar refractivity (Wildman–Crippen MR) is 122 cm³/mol. The summed E-state index contributed by atoms with van der Waals surface area (Å²) in [4.78, 5) is 19.2. The van der Waals surface area contributed by atoms with Gasteiger partial charge in [-0.2, -0.15) is 13.2 Å². The summed E-state index contributed by atoms with van der Waals surface area (Å²) in [5, 5.41) is 7.08. The van der Waals surface area contributed by atoms with Gasteiger partial charge in [-0.25, -0.2) is 10.3 Å². The van der Waals surface area contributed by atoms with Crippen LogP contribution in [0, 0.1) is 0 Å². The van der Waals surface area contributed by atoms with Crippen molar-refractivity contribution in [1.82, 2.24) is 10.3 Å². The molecule has 2 aliphatic heterocycles. The number of benzene rings is 2. The molecule has 1 N–H and O–H groups in total. The third-order valence-corrected chi connectivity index (χ3v) is 5.77. The summed E-state index contributed by atoms with van der Waals surface area (Å²) in [6, 6.07) is 14.3. The highest BCUT2D eigenvalue weighted by Crippen LogP contribution is 2.36. The third-order valence-electron chi connectivity index (χ3n) is 5.77. The zero-order chi connectivity index (χ0) is 23.7. The number of fused-ring (bicyclic) bond motifs is 1. The minimum absolute atomic E-state index is 0.217. The molecule has 2 aromatic carbocycles. The van der Waals surface area contributed by atoms with Crippen LogP contribution in [0.4, 0.5) is 30.4 Å². The second-order valence-electron chi connectivity index (χ2n) is 7.91. The first-order valence-electron chi connectivity index (χ1n) is 10.7. The molecule has 1 radical (unpaired) electrons. The van der Waals surface area contributed by atoms with Gasteiger partial charge in [0.25, 0.3) is 5.91 Å². The second kappa shape index (κ2) is 8.83. The number of anilines is 3. The Hall–Kier alpha value is -3.85. The van der Waals surface area contributed by atoms with Gasteiger partial charge in [-0.05, 0) is 48.0 Å². The van der Waals surface area contributed by atoms with Gasteiger partial charge in [0.05, 0.1) is 24.3 Å². The molecule has 1 fully saturated rings. The number of morpholine rings is 1. The highest BCUT2D eigenvalue weighted by atomic mass is 19.4. The van der Waals surface area contributed by atoms with E-state index in [2.05, 4.69) is 20.5 Å². The van der Waals surface area contributed by atoms with Crippen LogP contribution in [-0.4, -0.2) is 37.2 Å². The lowest BCUT2D eigenvalue weighted by molar-refractivity contribution is -0.137. The second-order valence-corrected chi connectivity index (χ2v) is 7.91. The van der Waals surface area contributed by atoms with E-state index < -0.39 is 17.6 Å². The lowest BCUT2D eigenvalue weighted by Crippen LogP contribution is -2.36. The van der Waals surface area contributed by atoms with Gasteiger partial charge in [-0.3, -0.25) is 4.79 Å². The zero-order valence-corrected chi connectivity index (χ0v) is 18.0. The van der Waals surface area contributed by atoms with Crippen LogP contribution in [0.25, 0.3) is 5.57 Å². The predicted octanol–water partition coefficient (Wildman–Crippen LogP) is 4.83. The van der Waals surface area contributed by atoms with Gasteiger partial charge in [-0.15, -0.1) is 0 Å². The van der Waals surface area contributed by atoms with E-state index in [0.29, 0.717) is 35.7 Å². The van der Waals surface area contributed by atoms with E-state index in [-0.39, 0.29) is 5.56 Å². The topological polar surface area (TPSA) is 68.6 Å². The van der Waals surface area contributed by atoms with Crippen LogP contribution in [0.2, 0.25) is 0 Å². The summed E-state index contributed by atoms with van der Waals surface area (Å²) < 4.78 is 45.0. The van der Waals surface area contributed by atoms with Crippen molar-refractivity contribution in [2.45, 2.75) is 6.18 Å². The number of rotatable bonds is 4. The van der Waals surface area contributed by atoms with Gasteiger partial charge in [0.15, 0.2) is 0 Å². The molecule has 9 heteroatoms. The molecule has 5 rings (SSSR count). The fourth-order valence-electron chi connectivity index (χ4n) is 4.06. The maximum atomic E-state index is 13.2. The third kappa shape index (κ3) is 4.34. The van der Waals surface area contributed by atoms with Crippen molar-refractivity contribution in [2.75, 3.05) is 36.5 Å². The average molecular weight is 465 g/mol. The lowest BCUT2D eigenvalue weighted by Gasteiger charge is -2.29. The summed E-state index contributed by atoms with van der Waals surface area (Å²) in [5.41, 5.74) is 2.46. The number of hydrogen-bond donors (Lipinski definition) is 1. The van der Waals surface area contributed by atoms with Crippen molar-refractivity contribution in [2.24, 2.45) is 0 Å². The van der Waals surface area contributed by atoms with E-state index >= 15 is 0 Å². The molecule has 0 atom stereocenters. The molecule has 0 spiro atoms. The van der Waals surface area contributed by atoms with Crippen LogP contribution >= 0.6 is 0 Å². The number of nitrogens with zero attached hydrogens (tertiary/aromatic N) is 3. The Morgan fingerprint density at radius 1 is 1.00 bits per heavy atom. The molecular weight excluding hydrogens is 445 g/mol. The van der Waals surface area contributed by atoms with E-state index in [1.54, 1.807) is 12.1 Å². The fraction of sp³-hybridized carbons (Fsp3) is 0.200. The Bertz CT molecular complexity index is 1250. The number of pyridine rings is 1. The quantitative estimate of drug-likeness (QED) is 0.598. The molecule has 173 valence electrons. The summed E-state index contributed by atoms with van der Waals surface area (Å²) in [7, 11) is 0. The van der Waals surface area contributed by atoms with Crippen LogP contribution in [-0.2, 0) is 10.9 Å². The van der Waals surface area contributed by atoms with Crippen LogP contribution in [0.15, 0.2) is 67.0 Å². The number of carbonyl (C=O) groups is 1. The molecule has 0 aliphatic carbocycles. The summed E-state index contributed by atoms with van der Waals surface area (Å²) in [6.07, 6.45) is -1.65. The lowest BCUT2D eigenvalue weighted by atomic mass is 9.92. The van der Waals surface area contributed by atoms with Gasteiger partial charge in [0.2, 0.25) is 0 Å². The standard InChI is InChI=1S/C25H20F3N4O2/c26-25(27,28)17-3-1-2-16(14-17)21-15-30-24(33)22-20(21)8-9-29-23(22)31-18-4-6-19(7-5-18)32-10-12-34-13-11-32/h1-9,14-15H,10-13H2,(H,29,31). The van der Waals surface area contributed by atoms with Crippen molar-refractivity contribution >= 4 is 28.7 Å². The first-order chi connectivity index (χ1) is 16.4. The number of halogens is 3. The largest absolute Gasteiger partial charge is 0.416 e. The summed E-state index contributed by atoms with van der Waals surface area (Å²) in [5.74, 6) is -0.214. The summed E-state index contributed by atoms with van der Waals surface area (Å²) in [6.45, 7) is 3.02. The molecule has 3 aromatic rings. The molecule has 1 saturated heterocycles. The zero-order valence-electron chi connectivity index (χ0n) is 18.0. The molecule has 34 heavy (non-hydrogen) atoms. The molecule has 0 bridgehead atoms. The number of nitrogens with one attached hydrogen (secondary N) is 1. The fourth-order valence-corrected chi connectivity index (χ4v) is 4.06. The molecule has 2 aliphatic rings. The van der Waals surface area contributed by atoms with Gasteiger partial charge >= 0.3 is 6.18 Å². The van der Waals surface area contributed by atoms with Crippen molar-refractivity contribution in [3.05, 3.63) is 89.2 Å². The average Bonchev–Trinajstić information content (AvgIpc) is 2.85. The normalized spacial score (nSPS) is 15.9. The van der Waals surface area contributed by atoms with Gasteiger partial charge < -0.3 is 15.0 Å². The first-order valence-corrected chi connectivity index (χ1v) is 10.7. The Morgan fingerprint density at radius 2 is 1.76 bits per heavy atom. The Balaban J connectivity index is 1.45. The number of hydrogen-bond acceptors (Lipinski definition) is 5. The number of aromatic nitrogens is 1. The van der Waals surface area contributed by atoms with E-state index in [0.717, 1.165) is 36.6 Å². The Kier molecular flexibility index (Phi) is 5.70. The van der Waals surface area contributed by atoms with Gasteiger partial charge in [0, 0.05) is 48.0 Å². The van der Waals surface area contributed by atoms with Gasteiger partial charge in [-0.1, -0.05) is 12.1 Å². The number of alkyl halides is 3. The van der Waals surface area contributed by atoms with Crippen molar-refractivity contribution in [3.63, 3.8) is 0 Å². The van der Waals surface area contributed by atoms with Crippen molar-refractivity contribution < 1.29 is 22.7 Å². The van der Waals surface area contributed by atoms with E-state index in [1.807, 2.05) is 24.3 Å². The molecule has 3 heterocycles. The van der Waals surface area contributed by atoms with Crippen molar-refractivity contribution in [3.8, 4) is 0 Å². The number of amides is 1. The molecule has 1 amide bonds. The molecule has 6 nitrogen and oxygen atoms in total. The maximum Gasteiger partial charge on any atom is 0.416 e. The van der Waals surface area contributed by atoms with Crippen LogP contribution in [0.1, 0.15) is 27.0 Å². The maximum absolute atomic E-state index is 13.2. The molecule has 1 aromatic heterocycles. The SMILES string of the molecule is O=C1[N]C=C(c2cccc(C(F)(F)F)c2)c2ccnc(Nc3ccc(N4CCOCC4)cc3)c21. The van der Waals surface area contributed by atoms with E-state index in [9.17, 15) is 18.0 Å². The van der Waals surface area contributed by atoms with E-state index in [1.165, 1.54) is 18.5 Å². The van der Waals surface area contributed by atoms with E-state index in [4.69, 9.17) is 4.74 Å². The van der Waals surface area contributed by atoms with Crippen LogP contribution in [0.5, 0.6) is 0 Å². The minimum atomic E-state index is -4.47. The highest BCUT2D eigenvalue weighted by molar-refractivity contribution is 6.08. The number of ether oxygens (including phenoxy) is 1. The molecule has 0 saturated carbocycles. The monoisotopic (exact) mass is 465 g/mol. The Labute approximate surface area is 194 Å². The van der Waals surface area contributed by atoms with Gasteiger partial charge in [0.1, 0.15) is 5.82 Å². The molecular formula is C25H20F3N4O2. The number of carbonyl (C=O) groups excluding carboxylic acids is 1. The summed E-state index contributed by atoms with van der Waals surface area (Å²) >= 11 is 0. The van der Waals surface area contributed by atoms with Crippen molar-refractivity contribution in [1.29, 1.82) is 0 Å². The van der Waals surface area contributed by atoms with Crippen LogP contribution in [0.3, 0.4) is 0 Å². The highest BCUT2D eigenvalue weighted by Gasteiger charge is 2.32. The minimum Gasteiger partial charge on any atom is -0.378 e.